The third-order valence-corrected chi connectivity index (χ3v) is 6.70. The molecule has 5 N–H and O–H groups in total. The molecule has 1 aromatic rings. The van der Waals surface area contributed by atoms with E-state index in [2.05, 4.69) is 67.6 Å². The number of aryl methyl sites for hydroxylation is 1. The molecule has 6 heteroatoms. The van der Waals surface area contributed by atoms with Crippen LogP contribution >= 0.6 is 0 Å². The van der Waals surface area contributed by atoms with Crippen molar-refractivity contribution in [2.24, 2.45) is 10.7 Å². The van der Waals surface area contributed by atoms with Gasteiger partial charge in [-0.05, 0) is 92.6 Å². The van der Waals surface area contributed by atoms with E-state index >= 15 is 0 Å². The molecule has 186 valence electrons. The first-order valence-corrected chi connectivity index (χ1v) is 12.9. The molecule has 0 amide bonds. The van der Waals surface area contributed by atoms with Crippen LogP contribution in [-0.4, -0.2) is 43.6 Å². The first kappa shape index (κ1) is 25.9. The van der Waals surface area contributed by atoms with E-state index in [0.29, 0.717) is 5.82 Å². The van der Waals surface area contributed by atoms with Gasteiger partial charge in [-0.2, -0.15) is 0 Å². The summed E-state index contributed by atoms with van der Waals surface area (Å²) in [4.78, 5) is 6.89. The Morgan fingerprint density at radius 2 is 2.00 bits per heavy atom. The highest BCUT2D eigenvalue weighted by Gasteiger charge is 2.29. The van der Waals surface area contributed by atoms with E-state index in [4.69, 9.17) is 10.7 Å². The Kier molecular flexibility index (Phi) is 9.63. The smallest absolute Gasteiger partial charge is 0.165 e. The van der Waals surface area contributed by atoms with E-state index in [1.165, 1.54) is 47.2 Å². The van der Waals surface area contributed by atoms with Gasteiger partial charge in [-0.1, -0.05) is 32.9 Å². The second kappa shape index (κ2) is 12.7. The number of nitrogens with two attached hydrogens (primary N) is 1. The third kappa shape index (κ3) is 6.66. The Morgan fingerprint density at radius 1 is 1.18 bits per heavy atom. The number of nitrogens with one attached hydrogen (secondary N) is 3. The number of benzene rings is 1. The molecule has 2 aliphatic heterocycles. The number of fused-ring (bicyclic) bond motifs is 1. The van der Waals surface area contributed by atoms with Gasteiger partial charge < -0.3 is 26.6 Å². The van der Waals surface area contributed by atoms with Gasteiger partial charge in [-0.3, -0.25) is 0 Å². The van der Waals surface area contributed by atoms with Crippen LogP contribution in [0.15, 0.2) is 52.4 Å². The molecular weight excluding hydrogens is 420 g/mol. The molecule has 0 radical (unpaired) electrons. The lowest BCUT2D eigenvalue weighted by molar-refractivity contribution is 0.348. The van der Waals surface area contributed by atoms with Crippen molar-refractivity contribution in [2.45, 2.75) is 71.9 Å². The maximum absolute atomic E-state index is 6.04. The van der Waals surface area contributed by atoms with Crippen molar-refractivity contribution in [1.29, 1.82) is 0 Å². The van der Waals surface area contributed by atoms with Gasteiger partial charge in [-0.15, -0.1) is 0 Å². The number of unbranched alkanes of at least 4 members (excludes halogenated alkanes) is 2. The number of hydrogen-bond donors (Lipinski definition) is 4. The van der Waals surface area contributed by atoms with Gasteiger partial charge in [0.2, 0.25) is 0 Å². The maximum Gasteiger partial charge on any atom is 0.165 e. The highest BCUT2D eigenvalue weighted by Crippen LogP contribution is 2.31. The van der Waals surface area contributed by atoms with Gasteiger partial charge in [0.15, 0.2) is 6.17 Å². The predicted molar refractivity (Wildman–Crippen MR) is 147 cm³/mol. The first-order chi connectivity index (χ1) is 16.4. The van der Waals surface area contributed by atoms with Crippen LogP contribution in [0.3, 0.4) is 0 Å². The number of amidine groups is 1. The van der Waals surface area contributed by atoms with Crippen molar-refractivity contribution in [3.05, 3.63) is 58.6 Å². The van der Waals surface area contributed by atoms with Crippen LogP contribution < -0.4 is 21.7 Å². The van der Waals surface area contributed by atoms with E-state index < -0.39 is 0 Å². The van der Waals surface area contributed by atoms with Crippen LogP contribution in [0.5, 0.6) is 0 Å². The van der Waals surface area contributed by atoms with Crippen molar-refractivity contribution >= 4 is 17.6 Å². The molecule has 0 saturated carbocycles. The number of aliphatic imine (C=N–C) groups is 1. The molecular formula is C28H44N6. The lowest BCUT2D eigenvalue weighted by Crippen LogP contribution is -2.35. The van der Waals surface area contributed by atoms with Crippen molar-refractivity contribution in [1.82, 2.24) is 15.5 Å². The van der Waals surface area contributed by atoms with Crippen molar-refractivity contribution < 1.29 is 0 Å². The molecule has 0 saturated heterocycles. The first-order valence-electron chi connectivity index (χ1n) is 12.9. The fraction of sp³-hybridized carbons (Fsp3) is 0.536. The zero-order chi connectivity index (χ0) is 24.5. The molecule has 3 rings (SSSR count). The minimum absolute atomic E-state index is 0.153. The van der Waals surface area contributed by atoms with Crippen LogP contribution in [0, 0.1) is 0 Å². The third-order valence-electron chi connectivity index (χ3n) is 6.70. The van der Waals surface area contributed by atoms with Gasteiger partial charge in [0.25, 0.3) is 0 Å². The largest absolute Gasteiger partial charge is 0.386 e. The second-order valence-corrected chi connectivity index (χ2v) is 9.47. The molecule has 0 aromatic heterocycles. The van der Waals surface area contributed by atoms with Gasteiger partial charge in [0, 0.05) is 25.7 Å². The summed E-state index contributed by atoms with van der Waals surface area (Å²) in [7, 11) is 1.96. The summed E-state index contributed by atoms with van der Waals surface area (Å²) in [5.41, 5.74) is 13.5. The van der Waals surface area contributed by atoms with Gasteiger partial charge in [0.05, 0.1) is 11.5 Å². The molecule has 0 bridgehead atoms. The zero-order valence-electron chi connectivity index (χ0n) is 21.6. The van der Waals surface area contributed by atoms with Gasteiger partial charge in [-0.25, -0.2) is 4.99 Å². The summed E-state index contributed by atoms with van der Waals surface area (Å²) >= 11 is 0. The fourth-order valence-electron chi connectivity index (χ4n) is 4.43. The molecule has 0 aliphatic carbocycles. The number of likely N-dealkylation sites (N-methyl/N-ethyl adjacent to an activating group) is 1. The van der Waals surface area contributed by atoms with Crippen molar-refractivity contribution in [2.75, 3.05) is 32.0 Å². The summed E-state index contributed by atoms with van der Waals surface area (Å²) in [6, 6.07) is 6.83. The van der Waals surface area contributed by atoms with E-state index in [1.807, 2.05) is 11.9 Å². The molecule has 1 aromatic carbocycles. The monoisotopic (exact) mass is 464 g/mol. The molecule has 34 heavy (non-hydrogen) atoms. The minimum Gasteiger partial charge on any atom is -0.386 e. The molecule has 2 aliphatic rings. The molecule has 0 spiro atoms. The van der Waals surface area contributed by atoms with Gasteiger partial charge >= 0.3 is 0 Å². The molecule has 0 fully saturated rings. The highest BCUT2D eigenvalue weighted by molar-refractivity contribution is 5.87. The standard InChI is InChI=1S/C28H44N6/c1-6-8-12-26-32-27(28(33-26)34(5)21(4)29)20(3)24-18-23-17-22(13-14-25(23)31-19-24)11-9-10-16-30-15-7-2/h13-14,17-18,28,30-31H,4,6-12,15-16,19,29H2,1-3,5H3,(H,32,33)/b27-20-. The zero-order valence-corrected chi connectivity index (χ0v) is 21.6. The SMILES string of the molecule is C=C(N)N(C)C1N=C(CCCC)N/C1=C(/C)C1=Cc2cc(CCCCNCCC)ccc2NC1. The molecule has 1 unspecified atom stereocenters. The number of anilines is 1. The summed E-state index contributed by atoms with van der Waals surface area (Å²) in [5.74, 6) is 1.56. The highest BCUT2D eigenvalue weighted by atomic mass is 15.3. The summed E-state index contributed by atoms with van der Waals surface area (Å²) in [6.45, 7) is 13.6. The van der Waals surface area contributed by atoms with E-state index in [-0.39, 0.29) is 6.17 Å². The minimum atomic E-state index is -0.153. The van der Waals surface area contributed by atoms with E-state index in [1.54, 1.807) is 0 Å². The maximum atomic E-state index is 6.04. The van der Waals surface area contributed by atoms with Crippen molar-refractivity contribution in [3.63, 3.8) is 0 Å². The normalized spacial score (nSPS) is 18.4. The molecule has 6 nitrogen and oxygen atoms in total. The summed E-state index contributed by atoms with van der Waals surface area (Å²) < 4.78 is 0. The topological polar surface area (TPSA) is 77.7 Å². The summed E-state index contributed by atoms with van der Waals surface area (Å²) in [6.07, 6.45) is 10.1. The number of hydrogen-bond acceptors (Lipinski definition) is 6. The van der Waals surface area contributed by atoms with E-state index in [0.717, 1.165) is 56.9 Å². The Morgan fingerprint density at radius 3 is 2.74 bits per heavy atom. The fourth-order valence-corrected chi connectivity index (χ4v) is 4.43. The number of nitrogens with zero attached hydrogens (tertiary/aromatic N) is 2. The second-order valence-electron chi connectivity index (χ2n) is 9.47. The van der Waals surface area contributed by atoms with Crippen LogP contribution in [-0.2, 0) is 6.42 Å². The van der Waals surface area contributed by atoms with Crippen LogP contribution in [0.25, 0.3) is 6.08 Å². The van der Waals surface area contributed by atoms with Crippen LogP contribution in [0.1, 0.15) is 70.4 Å². The quantitative estimate of drug-likeness (QED) is 0.310. The lowest BCUT2D eigenvalue weighted by Gasteiger charge is -2.27. The Balaban J connectivity index is 1.76. The van der Waals surface area contributed by atoms with Gasteiger partial charge in [0.1, 0.15) is 5.84 Å². The van der Waals surface area contributed by atoms with Crippen molar-refractivity contribution in [3.8, 4) is 0 Å². The average molecular weight is 465 g/mol. The molecule has 2 heterocycles. The Hall–Kier alpha value is -2.73. The van der Waals surface area contributed by atoms with E-state index in [9.17, 15) is 0 Å². The van der Waals surface area contributed by atoms with Crippen LogP contribution in [0.4, 0.5) is 5.69 Å². The Bertz CT molecular complexity index is 942. The lowest BCUT2D eigenvalue weighted by atomic mass is 9.95. The Labute approximate surface area is 206 Å². The van der Waals surface area contributed by atoms with Crippen LogP contribution in [0.2, 0.25) is 0 Å². The molecule has 1 atom stereocenters. The summed E-state index contributed by atoms with van der Waals surface area (Å²) in [5, 5.41) is 10.7. The predicted octanol–water partition coefficient (Wildman–Crippen LogP) is 4.97. The number of rotatable bonds is 13. The average Bonchev–Trinajstić information content (AvgIpc) is 3.27.